The zero-order valence-corrected chi connectivity index (χ0v) is 15.7. The third-order valence-corrected chi connectivity index (χ3v) is 5.67. The van der Waals surface area contributed by atoms with E-state index >= 15 is 0 Å². The first-order valence-electron chi connectivity index (χ1n) is 6.04. The molecule has 0 fully saturated rings. The van der Waals surface area contributed by atoms with E-state index in [9.17, 15) is 0 Å². The van der Waals surface area contributed by atoms with Gasteiger partial charge in [-0.2, -0.15) is 0 Å². The molecule has 0 bridgehead atoms. The summed E-state index contributed by atoms with van der Waals surface area (Å²) in [5, 5.41) is 6.48. The van der Waals surface area contributed by atoms with Crippen LogP contribution in [-0.2, 0) is 0 Å². The molecule has 1 aromatic carbocycles. The van der Waals surface area contributed by atoms with E-state index in [1.807, 2.05) is 11.4 Å². The standard InChI is InChI=1S/C14H14BrClINS/c1-2-6-18-13(14-11(16)5-7-19-14)10-8-9(15)3-4-12(10)17/h3-5,7-8,13,18H,2,6H2,1H3. The predicted octanol–water partition coefficient (Wildman–Crippen LogP) is 5.86. The Morgan fingerprint density at radius 3 is 2.84 bits per heavy atom. The van der Waals surface area contributed by atoms with Crippen LogP contribution in [0.15, 0.2) is 34.1 Å². The van der Waals surface area contributed by atoms with E-state index in [4.69, 9.17) is 11.6 Å². The maximum absolute atomic E-state index is 6.31. The Kier molecular flexibility index (Phi) is 6.14. The molecule has 5 heteroatoms. The Morgan fingerprint density at radius 1 is 1.42 bits per heavy atom. The highest BCUT2D eigenvalue weighted by Gasteiger charge is 2.20. The number of rotatable bonds is 5. The average molecular weight is 471 g/mol. The van der Waals surface area contributed by atoms with Gasteiger partial charge in [0.15, 0.2) is 0 Å². The van der Waals surface area contributed by atoms with E-state index in [-0.39, 0.29) is 6.04 Å². The molecule has 0 amide bonds. The minimum absolute atomic E-state index is 0.164. The van der Waals surface area contributed by atoms with Crippen molar-refractivity contribution in [3.05, 3.63) is 53.2 Å². The van der Waals surface area contributed by atoms with E-state index in [2.05, 4.69) is 69.0 Å². The largest absolute Gasteiger partial charge is 0.306 e. The Balaban J connectivity index is 2.42. The van der Waals surface area contributed by atoms with Gasteiger partial charge in [-0.05, 0) is 70.8 Å². The fourth-order valence-corrected chi connectivity index (χ4v) is 4.16. The second-order valence-corrected chi connectivity index (χ2v) is 7.62. The summed E-state index contributed by atoms with van der Waals surface area (Å²) in [7, 11) is 0. The van der Waals surface area contributed by atoms with E-state index in [0.29, 0.717) is 0 Å². The molecule has 102 valence electrons. The van der Waals surface area contributed by atoms with Gasteiger partial charge >= 0.3 is 0 Å². The van der Waals surface area contributed by atoms with Gasteiger partial charge < -0.3 is 5.32 Å². The van der Waals surface area contributed by atoms with Crippen molar-refractivity contribution in [2.45, 2.75) is 19.4 Å². The molecule has 2 aromatic rings. The number of thiophene rings is 1. The number of halogens is 3. The van der Waals surface area contributed by atoms with Crippen LogP contribution < -0.4 is 5.32 Å². The van der Waals surface area contributed by atoms with Crippen LogP contribution in [0, 0.1) is 3.57 Å². The number of benzene rings is 1. The van der Waals surface area contributed by atoms with Crippen LogP contribution in [-0.4, -0.2) is 6.54 Å². The summed E-state index contributed by atoms with van der Waals surface area (Å²) >= 11 is 14.0. The van der Waals surface area contributed by atoms with Crippen LogP contribution in [0.5, 0.6) is 0 Å². The smallest absolute Gasteiger partial charge is 0.0696 e. The van der Waals surface area contributed by atoms with Crippen LogP contribution in [0.1, 0.15) is 29.8 Å². The lowest BCUT2D eigenvalue weighted by atomic mass is 10.1. The van der Waals surface area contributed by atoms with Gasteiger partial charge in [0.05, 0.1) is 11.1 Å². The first-order valence-corrected chi connectivity index (χ1v) is 9.17. The monoisotopic (exact) mass is 469 g/mol. The third kappa shape index (κ3) is 3.94. The Morgan fingerprint density at radius 2 is 2.21 bits per heavy atom. The topological polar surface area (TPSA) is 12.0 Å². The van der Waals surface area contributed by atoms with Gasteiger partial charge in [-0.25, -0.2) is 0 Å². The predicted molar refractivity (Wildman–Crippen MR) is 96.3 cm³/mol. The fourth-order valence-electron chi connectivity index (χ4n) is 1.88. The molecule has 1 N–H and O–H groups in total. The molecule has 0 saturated heterocycles. The second kappa shape index (κ2) is 7.41. The first-order chi connectivity index (χ1) is 9.13. The van der Waals surface area contributed by atoms with Crippen molar-refractivity contribution in [2.75, 3.05) is 6.54 Å². The summed E-state index contributed by atoms with van der Waals surface area (Å²) in [5.41, 5.74) is 1.27. The molecule has 19 heavy (non-hydrogen) atoms. The van der Waals surface area contributed by atoms with E-state index in [1.165, 1.54) is 14.0 Å². The normalized spacial score (nSPS) is 12.6. The lowest BCUT2D eigenvalue weighted by molar-refractivity contribution is 0.604. The number of nitrogens with one attached hydrogen (secondary N) is 1. The lowest BCUT2D eigenvalue weighted by Gasteiger charge is -2.20. The Hall–Kier alpha value is 0.380. The molecule has 0 aliphatic carbocycles. The summed E-state index contributed by atoms with van der Waals surface area (Å²) in [6.45, 7) is 3.15. The van der Waals surface area contributed by atoms with Crippen molar-refractivity contribution in [1.29, 1.82) is 0 Å². The summed E-state index contributed by atoms with van der Waals surface area (Å²) in [6.07, 6.45) is 1.10. The summed E-state index contributed by atoms with van der Waals surface area (Å²) in [4.78, 5) is 1.19. The SMILES string of the molecule is CCCNC(c1cc(Br)ccc1I)c1sccc1Cl. The minimum Gasteiger partial charge on any atom is -0.306 e. The van der Waals surface area contributed by atoms with Crippen LogP contribution in [0.2, 0.25) is 5.02 Å². The molecule has 1 unspecified atom stereocenters. The molecular formula is C14H14BrClINS. The van der Waals surface area contributed by atoms with Crippen molar-refractivity contribution in [3.8, 4) is 0 Å². The molecule has 1 heterocycles. The summed E-state index contributed by atoms with van der Waals surface area (Å²) in [5.74, 6) is 0. The zero-order chi connectivity index (χ0) is 13.8. The highest BCUT2D eigenvalue weighted by Crippen LogP contribution is 2.35. The number of hydrogen-bond acceptors (Lipinski definition) is 2. The van der Waals surface area contributed by atoms with Gasteiger partial charge in [0.1, 0.15) is 0 Å². The fraction of sp³-hybridized carbons (Fsp3) is 0.286. The van der Waals surface area contributed by atoms with Gasteiger partial charge in [-0.1, -0.05) is 34.5 Å². The van der Waals surface area contributed by atoms with Crippen molar-refractivity contribution >= 4 is 61.5 Å². The van der Waals surface area contributed by atoms with Gasteiger partial charge in [0.25, 0.3) is 0 Å². The molecule has 1 atom stereocenters. The molecule has 1 nitrogen and oxygen atoms in total. The van der Waals surface area contributed by atoms with Crippen LogP contribution in [0.3, 0.4) is 0 Å². The maximum Gasteiger partial charge on any atom is 0.0696 e. The maximum atomic E-state index is 6.31. The lowest BCUT2D eigenvalue weighted by Crippen LogP contribution is -2.23. The Labute approximate surface area is 145 Å². The van der Waals surface area contributed by atoms with Gasteiger partial charge in [-0.3, -0.25) is 0 Å². The highest BCUT2D eigenvalue weighted by molar-refractivity contribution is 14.1. The van der Waals surface area contributed by atoms with E-state index in [1.54, 1.807) is 11.3 Å². The first kappa shape index (κ1) is 15.8. The van der Waals surface area contributed by atoms with Gasteiger partial charge in [0, 0.05) is 12.9 Å². The second-order valence-electron chi connectivity index (χ2n) is 4.19. The van der Waals surface area contributed by atoms with Crippen LogP contribution in [0.4, 0.5) is 0 Å². The van der Waals surface area contributed by atoms with Crippen LogP contribution in [0.25, 0.3) is 0 Å². The molecule has 0 aliphatic heterocycles. The summed E-state index contributed by atoms with van der Waals surface area (Å²) < 4.78 is 2.35. The van der Waals surface area contributed by atoms with E-state index in [0.717, 1.165) is 22.5 Å². The zero-order valence-electron chi connectivity index (χ0n) is 10.4. The number of hydrogen-bond donors (Lipinski definition) is 1. The van der Waals surface area contributed by atoms with Crippen molar-refractivity contribution < 1.29 is 0 Å². The van der Waals surface area contributed by atoms with Crippen LogP contribution >= 0.6 is 61.5 Å². The molecule has 0 aliphatic rings. The van der Waals surface area contributed by atoms with Crippen molar-refractivity contribution in [1.82, 2.24) is 5.32 Å². The molecule has 1 aromatic heterocycles. The molecular weight excluding hydrogens is 456 g/mol. The third-order valence-electron chi connectivity index (χ3n) is 2.77. The van der Waals surface area contributed by atoms with Crippen molar-refractivity contribution in [2.24, 2.45) is 0 Å². The minimum atomic E-state index is 0.164. The van der Waals surface area contributed by atoms with E-state index < -0.39 is 0 Å². The van der Waals surface area contributed by atoms with Gasteiger partial charge in [-0.15, -0.1) is 11.3 Å². The van der Waals surface area contributed by atoms with Crippen molar-refractivity contribution in [3.63, 3.8) is 0 Å². The average Bonchev–Trinajstić information content (AvgIpc) is 2.80. The molecule has 0 spiro atoms. The molecule has 0 saturated carbocycles. The molecule has 0 radical (unpaired) electrons. The summed E-state index contributed by atoms with van der Waals surface area (Å²) in [6, 6.07) is 8.50. The van der Waals surface area contributed by atoms with Gasteiger partial charge in [0.2, 0.25) is 0 Å². The quantitative estimate of drug-likeness (QED) is 0.540. The highest BCUT2D eigenvalue weighted by atomic mass is 127. The Bertz CT molecular complexity index is 558. The molecule has 2 rings (SSSR count).